The largest absolute Gasteiger partial charge is 0.462 e. The van der Waals surface area contributed by atoms with Crippen LogP contribution in [-0.4, -0.2) is 17.3 Å². The van der Waals surface area contributed by atoms with E-state index in [-0.39, 0.29) is 16.1 Å². The molecule has 0 N–H and O–H groups in total. The molecule has 0 radical (unpaired) electrons. The van der Waals surface area contributed by atoms with Crippen LogP contribution >= 0.6 is 11.8 Å². The molecule has 0 fully saturated rings. The van der Waals surface area contributed by atoms with Crippen LogP contribution in [0.15, 0.2) is 41.3 Å². The van der Waals surface area contributed by atoms with Gasteiger partial charge in [-0.25, -0.2) is 4.79 Å². The maximum atomic E-state index is 12.1. The molecule has 2 aromatic rings. The normalized spacial score (nSPS) is 16.9. The van der Waals surface area contributed by atoms with E-state index < -0.39 is 0 Å². The lowest BCUT2D eigenvalue weighted by Crippen LogP contribution is -2.33. The highest BCUT2D eigenvalue weighted by Gasteiger charge is 2.38. The van der Waals surface area contributed by atoms with Crippen LogP contribution < -0.4 is 0 Å². The average molecular weight is 379 g/mol. The lowest BCUT2D eigenvalue weighted by Gasteiger charge is -2.41. The Hall–Kier alpha value is -2.18. The van der Waals surface area contributed by atoms with Crippen molar-refractivity contribution in [3.63, 3.8) is 0 Å². The van der Waals surface area contributed by atoms with Crippen LogP contribution in [0, 0.1) is 12.3 Å². The molecule has 0 saturated heterocycles. The van der Waals surface area contributed by atoms with Gasteiger partial charge < -0.3 is 4.74 Å². The molecule has 0 spiro atoms. The number of esters is 1. The molecule has 2 nitrogen and oxygen atoms in total. The molecule has 1 aliphatic heterocycles. The van der Waals surface area contributed by atoms with Gasteiger partial charge in [-0.2, -0.15) is 0 Å². The summed E-state index contributed by atoms with van der Waals surface area (Å²) < 4.78 is 5.30. The van der Waals surface area contributed by atoms with Crippen molar-refractivity contribution >= 4 is 17.7 Å². The van der Waals surface area contributed by atoms with E-state index >= 15 is 0 Å². The highest BCUT2D eigenvalue weighted by Crippen LogP contribution is 2.51. The number of thioether (sulfide) groups is 1. The Kier molecular flexibility index (Phi) is 5.14. The van der Waals surface area contributed by atoms with Gasteiger partial charge in [0.1, 0.15) is 0 Å². The number of rotatable bonds is 3. The first-order valence-electron chi connectivity index (χ1n) is 9.28. The minimum absolute atomic E-state index is 0.153. The summed E-state index contributed by atoms with van der Waals surface area (Å²) in [6.45, 7) is 11.4. The van der Waals surface area contributed by atoms with Crippen molar-refractivity contribution in [1.82, 2.24) is 0 Å². The minimum atomic E-state index is -0.374. The quantitative estimate of drug-likeness (QED) is 0.479. The third-order valence-electron chi connectivity index (χ3n) is 4.97. The summed E-state index contributed by atoms with van der Waals surface area (Å²) in [6, 6.07) is 12.3. The molecule has 3 heteroatoms. The van der Waals surface area contributed by atoms with Gasteiger partial charge in [0.2, 0.25) is 0 Å². The van der Waals surface area contributed by atoms with Crippen molar-refractivity contribution in [2.75, 3.05) is 6.61 Å². The van der Waals surface area contributed by atoms with Gasteiger partial charge in [-0.15, -0.1) is 18.2 Å². The summed E-state index contributed by atoms with van der Waals surface area (Å²) in [7, 11) is 0. The first-order valence-corrected chi connectivity index (χ1v) is 10.1. The molecule has 3 rings (SSSR count). The van der Waals surface area contributed by atoms with E-state index in [2.05, 4.69) is 51.8 Å². The topological polar surface area (TPSA) is 26.3 Å². The van der Waals surface area contributed by atoms with Gasteiger partial charge in [-0.1, -0.05) is 51.8 Å². The molecule has 0 amide bonds. The van der Waals surface area contributed by atoms with E-state index in [1.54, 1.807) is 13.0 Å². The van der Waals surface area contributed by atoms with E-state index in [9.17, 15) is 4.79 Å². The van der Waals surface area contributed by atoms with Crippen molar-refractivity contribution in [2.24, 2.45) is 0 Å². The number of terminal acetylenes is 1. The number of hydrogen-bond donors (Lipinski definition) is 0. The fourth-order valence-corrected chi connectivity index (χ4v) is 5.74. The molecule has 0 unspecified atom stereocenters. The SMILES string of the molecule is C#Cc1cc(-c2ccc3c(c2)SC(C)(C)CC3(C)C)ccc1C(=O)OCC. The Balaban J connectivity index is 2.04. The lowest BCUT2D eigenvalue weighted by atomic mass is 9.76. The number of ether oxygens (including phenoxy) is 1. The Morgan fingerprint density at radius 3 is 2.48 bits per heavy atom. The molecule has 1 heterocycles. The van der Waals surface area contributed by atoms with Gasteiger partial charge in [-0.05, 0) is 53.6 Å². The molecule has 1 aliphatic rings. The Bertz CT molecular complexity index is 932. The van der Waals surface area contributed by atoms with Crippen LogP contribution in [0.5, 0.6) is 0 Å². The highest BCUT2D eigenvalue weighted by molar-refractivity contribution is 8.00. The van der Waals surface area contributed by atoms with Crippen LogP contribution in [0.25, 0.3) is 11.1 Å². The van der Waals surface area contributed by atoms with E-state index in [1.807, 2.05) is 23.9 Å². The maximum Gasteiger partial charge on any atom is 0.339 e. The first-order chi connectivity index (χ1) is 12.7. The third-order valence-corrected chi connectivity index (χ3v) is 6.22. The number of fused-ring (bicyclic) bond motifs is 1. The minimum Gasteiger partial charge on any atom is -0.462 e. The summed E-state index contributed by atoms with van der Waals surface area (Å²) in [5.74, 6) is 2.25. The molecule has 0 atom stereocenters. The predicted octanol–water partition coefficient (Wildman–Crippen LogP) is 6.06. The van der Waals surface area contributed by atoms with Gasteiger partial charge in [0.25, 0.3) is 0 Å². The monoisotopic (exact) mass is 378 g/mol. The van der Waals surface area contributed by atoms with E-state index in [1.165, 1.54) is 10.5 Å². The molecule has 140 valence electrons. The Morgan fingerprint density at radius 1 is 1.15 bits per heavy atom. The Morgan fingerprint density at radius 2 is 1.81 bits per heavy atom. The molecular formula is C24H26O2S. The third kappa shape index (κ3) is 3.92. The van der Waals surface area contributed by atoms with Crippen LogP contribution in [0.1, 0.15) is 62.5 Å². The molecule has 0 aliphatic carbocycles. The average Bonchev–Trinajstić information content (AvgIpc) is 2.59. The standard InChI is InChI=1S/C24H26O2S/c1-7-16-13-17(9-11-19(16)22(25)26-8-2)18-10-12-20-21(14-18)27-24(5,6)15-23(20,3)4/h1,9-14H,8,15H2,2-6H3. The van der Waals surface area contributed by atoms with Crippen LogP contribution in [0.2, 0.25) is 0 Å². The van der Waals surface area contributed by atoms with Crippen LogP contribution in [-0.2, 0) is 10.2 Å². The molecule has 0 bridgehead atoms. The van der Waals surface area contributed by atoms with Crippen molar-refractivity contribution < 1.29 is 9.53 Å². The van der Waals surface area contributed by atoms with Gasteiger partial charge >= 0.3 is 5.97 Å². The van der Waals surface area contributed by atoms with Gasteiger partial charge in [-0.3, -0.25) is 0 Å². The van der Waals surface area contributed by atoms with Crippen LogP contribution in [0.3, 0.4) is 0 Å². The molecule has 27 heavy (non-hydrogen) atoms. The van der Waals surface area contributed by atoms with E-state index in [0.717, 1.165) is 17.5 Å². The number of carbonyl (C=O) groups excluding carboxylic acids is 1. The van der Waals surface area contributed by atoms with Crippen molar-refractivity contribution in [1.29, 1.82) is 0 Å². The molecule has 2 aromatic carbocycles. The fraction of sp³-hybridized carbons (Fsp3) is 0.375. The van der Waals surface area contributed by atoms with E-state index in [4.69, 9.17) is 11.2 Å². The fourth-order valence-electron chi connectivity index (χ4n) is 4.07. The molecule has 0 saturated carbocycles. The van der Waals surface area contributed by atoms with E-state index in [0.29, 0.717) is 17.7 Å². The second kappa shape index (κ2) is 7.09. The summed E-state index contributed by atoms with van der Waals surface area (Å²) in [5, 5.41) is 0. The van der Waals surface area contributed by atoms with Crippen molar-refractivity contribution in [3.8, 4) is 23.5 Å². The lowest BCUT2D eigenvalue weighted by molar-refractivity contribution is 0.0526. The summed E-state index contributed by atoms with van der Waals surface area (Å²) in [5.41, 5.74) is 4.69. The highest BCUT2D eigenvalue weighted by atomic mass is 32.2. The summed E-state index contributed by atoms with van der Waals surface area (Å²) in [6.07, 6.45) is 6.80. The number of benzene rings is 2. The second-order valence-corrected chi connectivity index (χ2v) is 10.0. The van der Waals surface area contributed by atoms with Crippen LogP contribution in [0.4, 0.5) is 0 Å². The zero-order chi connectivity index (χ0) is 19.8. The van der Waals surface area contributed by atoms with Gasteiger partial charge in [0.15, 0.2) is 0 Å². The predicted molar refractivity (Wildman–Crippen MR) is 113 cm³/mol. The molecule has 0 aromatic heterocycles. The second-order valence-electron chi connectivity index (χ2n) is 8.26. The maximum absolute atomic E-state index is 12.1. The number of carbonyl (C=O) groups is 1. The smallest absolute Gasteiger partial charge is 0.339 e. The van der Waals surface area contributed by atoms with Crippen molar-refractivity contribution in [3.05, 3.63) is 53.1 Å². The van der Waals surface area contributed by atoms with Crippen molar-refractivity contribution in [2.45, 2.75) is 56.1 Å². The first kappa shape index (κ1) is 19.6. The number of hydrogen-bond acceptors (Lipinski definition) is 3. The summed E-state index contributed by atoms with van der Waals surface area (Å²) in [4.78, 5) is 13.4. The van der Waals surface area contributed by atoms with Gasteiger partial charge in [0, 0.05) is 15.2 Å². The zero-order valence-electron chi connectivity index (χ0n) is 16.7. The molecular weight excluding hydrogens is 352 g/mol. The Labute approximate surface area is 166 Å². The summed E-state index contributed by atoms with van der Waals surface area (Å²) >= 11 is 1.94. The van der Waals surface area contributed by atoms with Gasteiger partial charge in [0.05, 0.1) is 12.2 Å². The zero-order valence-corrected chi connectivity index (χ0v) is 17.5.